The third-order valence-corrected chi connectivity index (χ3v) is 2.52. The summed E-state index contributed by atoms with van der Waals surface area (Å²) in [6.07, 6.45) is -7.85. The second-order valence-corrected chi connectivity index (χ2v) is 3.72. The second-order valence-electron chi connectivity index (χ2n) is 3.16. The molecule has 0 fully saturated rings. The number of rotatable bonds is 4. The Morgan fingerprint density at radius 3 is 2.42 bits per heavy atom. The third-order valence-electron chi connectivity index (χ3n) is 1.92. The molecule has 4 nitrogen and oxygen atoms in total. The fraction of sp³-hybridized carbons (Fsp3) is 0.333. The lowest BCUT2D eigenvalue weighted by Gasteiger charge is -2.16. The second kappa shape index (κ2) is 5.68. The van der Waals surface area contributed by atoms with Gasteiger partial charge in [-0.05, 0) is 0 Å². The van der Waals surface area contributed by atoms with Crippen molar-refractivity contribution in [3.63, 3.8) is 0 Å². The average Bonchev–Trinajstić information content (AvgIpc) is 2.25. The summed E-state index contributed by atoms with van der Waals surface area (Å²) in [7, 11) is 0. The van der Waals surface area contributed by atoms with Crippen LogP contribution in [0.5, 0.6) is 5.75 Å². The average molecular weight is 350 g/mol. The lowest BCUT2D eigenvalue weighted by Crippen LogP contribution is -2.21. The fourth-order valence-electron chi connectivity index (χ4n) is 1.25. The SMILES string of the molecule is O=C(O)c1c(C(F)F)ncc(CBr)c1OC(F)(F)F. The van der Waals surface area contributed by atoms with Gasteiger partial charge < -0.3 is 9.84 Å². The molecule has 106 valence electrons. The minimum absolute atomic E-state index is 0.241. The van der Waals surface area contributed by atoms with Crippen LogP contribution in [0.3, 0.4) is 0 Å². The lowest BCUT2D eigenvalue weighted by molar-refractivity contribution is -0.275. The third kappa shape index (κ3) is 3.75. The van der Waals surface area contributed by atoms with E-state index in [9.17, 15) is 26.7 Å². The zero-order chi connectivity index (χ0) is 14.8. The summed E-state index contributed by atoms with van der Waals surface area (Å²) in [6.45, 7) is 0. The molecule has 0 amide bonds. The van der Waals surface area contributed by atoms with Crippen LogP contribution >= 0.6 is 15.9 Å². The largest absolute Gasteiger partial charge is 0.573 e. The first-order valence-corrected chi connectivity index (χ1v) is 5.64. The number of aromatic carboxylic acids is 1. The van der Waals surface area contributed by atoms with E-state index >= 15 is 0 Å². The van der Waals surface area contributed by atoms with E-state index in [4.69, 9.17) is 5.11 Å². The van der Waals surface area contributed by atoms with Crippen molar-refractivity contribution in [2.75, 3.05) is 0 Å². The highest BCUT2D eigenvalue weighted by atomic mass is 79.9. The van der Waals surface area contributed by atoms with Crippen LogP contribution in [0.1, 0.15) is 28.0 Å². The van der Waals surface area contributed by atoms with Gasteiger partial charge in [0.2, 0.25) is 0 Å². The van der Waals surface area contributed by atoms with Crippen molar-refractivity contribution in [3.05, 3.63) is 23.0 Å². The molecule has 0 aliphatic carbocycles. The van der Waals surface area contributed by atoms with Crippen LogP contribution in [0.25, 0.3) is 0 Å². The molecule has 19 heavy (non-hydrogen) atoms. The van der Waals surface area contributed by atoms with Gasteiger partial charge in [-0.2, -0.15) is 0 Å². The number of alkyl halides is 6. The minimum Gasteiger partial charge on any atom is -0.477 e. The highest BCUT2D eigenvalue weighted by molar-refractivity contribution is 9.08. The summed E-state index contributed by atoms with van der Waals surface area (Å²) in [5.41, 5.74) is -2.89. The Labute approximate surface area is 111 Å². The van der Waals surface area contributed by atoms with Crippen LogP contribution in [0.15, 0.2) is 6.20 Å². The van der Waals surface area contributed by atoms with Crippen LogP contribution in [-0.4, -0.2) is 22.4 Å². The molecule has 1 heterocycles. The van der Waals surface area contributed by atoms with Crippen LogP contribution < -0.4 is 4.74 Å². The standard InChI is InChI=1S/C9H5BrF5NO3/c10-1-3-2-16-5(7(11)12)4(8(17)18)6(3)19-9(13,14)15/h2,7H,1H2,(H,17,18). The Morgan fingerprint density at radius 1 is 1.47 bits per heavy atom. The summed E-state index contributed by atoms with van der Waals surface area (Å²) in [5.74, 6) is -3.17. The summed E-state index contributed by atoms with van der Waals surface area (Å²) in [4.78, 5) is 14.0. The number of nitrogens with zero attached hydrogens (tertiary/aromatic N) is 1. The molecule has 0 bridgehead atoms. The van der Waals surface area contributed by atoms with Crippen molar-refractivity contribution in [3.8, 4) is 5.75 Å². The smallest absolute Gasteiger partial charge is 0.477 e. The predicted octanol–water partition coefficient (Wildman–Crippen LogP) is 3.51. The highest BCUT2D eigenvalue weighted by Crippen LogP contribution is 2.35. The van der Waals surface area contributed by atoms with Crippen molar-refractivity contribution in [1.82, 2.24) is 4.98 Å². The Bertz CT molecular complexity index is 491. The van der Waals surface area contributed by atoms with E-state index in [-0.39, 0.29) is 10.9 Å². The number of carbonyl (C=O) groups is 1. The van der Waals surface area contributed by atoms with E-state index < -0.39 is 35.8 Å². The zero-order valence-electron chi connectivity index (χ0n) is 8.84. The van der Waals surface area contributed by atoms with Gasteiger partial charge in [0.15, 0.2) is 5.75 Å². The number of ether oxygens (including phenoxy) is 1. The van der Waals surface area contributed by atoms with E-state index in [2.05, 4.69) is 25.7 Å². The molecular weight excluding hydrogens is 345 g/mol. The number of hydrogen-bond donors (Lipinski definition) is 1. The maximum atomic E-state index is 12.6. The van der Waals surface area contributed by atoms with Gasteiger partial charge in [0.1, 0.15) is 11.3 Å². The van der Waals surface area contributed by atoms with Crippen molar-refractivity contribution in [2.45, 2.75) is 18.1 Å². The molecule has 1 N–H and O–H groups in total. The molecule has 0 radical (unpaired) electrons. The number of carboxylic acid groups (broad SMARTS) is 1. The topological polar surface area (TPSA) is 59.4 Å². The molecule has 0 unspecified atom stereocenters. The van der Waals surface area contributed by atoms with Gasteiger partial charge in [-0.3, -0.25) is 4.98 Å². The van der Waals surface area contributed by atoms with Crippen molar-refractivity contribution in [1.29, 1.82) is 0 Å². The van der Waals surface area contributed by atoms with Gasteiger partial charge in [-0.1, -0.05) is 15.9 Å². The van der Waals surface area contributed by atoms with Crippen molar-refractivity contribution < 1.29 is 36.6 Å². The van der Waals surface area contributed by atoms with Gasteiger partial charge >= 0.3 is 12.3 Å². The Balaban J connectivity index is 3.53. The summed E-state index contributed by atoms with van der Waals surface area (Å²) < 4.78 is 65.2. The van der Waals surface area contributed by atoms with E-state index in [1.165, 1.54) is 0 Å². The van der Waals surface area contributed by atoms with Crippen LogP contribution in [0.2, 0.25) is 0 Å². The molecule has 0 aliphatic rings. The monoisotopic (exact) mass is 349 g/mol. The van der Waals surface area contributed by atoms with Gasteiger partial charge in [0, 0.05) is 17.1 Å². The lowest BCUT2D eigenvalue weighted by atomic mass is 10.1. The van der Waals surface area contributed by atoms with Crippen LogP contribution in [0.4, 0.5) is 22.0 Å². The van der Waals surface area contributed by atoms with Crippen LogP contribution in [0, 0.1) is 0 Å². The number of aromatic nitrogens is 1. The minimum atomic E-state index is -5.21. The Morgan fingerprint density at radius 2 is 2.05 bits per heavy atom. The Hall–Kier alpha value is -1.45. The molecule has 10 heteroatoms. The molecule has 1 rings (SSSR count). The first-order chi connectivity index (χ1) is 8.67. The quantitative estimate of drug-likeness (QED) is 0.667. The van der Waals surface area contributed by atoms with Crippen molar-refractivity contribution in [2.24, 2.45) is 0 Å². The van der Waals surface area contributed by atoms with Gasteiger partial charge in [-0.25, -0.2) is 13.6 Å². The summed E-state index contributed by atoms with van der Waals surface area (Å²) in [6, 6.07) is 0. The normalized spacial score (nSPS) is 11.7. The molecule has 0 saturated carbocycles. The van der Waals surface area contributed by atoms with E-state index in [0.717, 1.165) is 0 Å². The van der Waals surface area contributed by atoms with Gasteiger partial charge in [-0.15, -0.1) is 13.2 Å². The van der Waals surface area contributed by atoms with E-state index in [0.29, 0.717) is 6.20 Å². The number of pyridine rings is 1. The molecule has 0 aliphatic heterocycles. The molecule has 0 aromatic carbocycles. The first-order valence-electron chi connectivity index (χ1n) is 4.52. The molecular formula is C9H5BrF5NO3. The molecule has 1 aromatic rings. The van der Waals surface area contributed by atoms with Gasteiger partial charge in [0.25, 0.3) is 6.43 Å². The molecule has 0 atom stereocenters. The summed E-state index contributed by atoms with van der Waals surface area (Å²) in [5, 5.41) is 8.54. The first kappa shape index (κ1) is 15.6. The molecule has 1 aromatic heterocycles. The number of hydrogen-bond acceptors (Lipinski definition) is 3. The number of halogens is 6. The van der Waals surface area contributed by atoms with Gasteiger partial charge in [0.05, 0.1) is 0 Å². The summed E-state index contributed by atoms with van der Waals surface area (Å²) >= 11 is 2.79. The van der Waals surface area contributed by atoms with Crippen molar-refractivity contribution >= 4 is 21.9 Å². The molecule has 0 saturated heterocycles. The maximum absolute atomic E-state index is 12.6. The van der Waals surface area contributed by atoms with E-state index in [1.807, 2.05) is 0 Å². The maximum Gasteiger partial charge on any atom is 0.573 e. The Kier molecular flexibility index (Phi) is 4.66. The highest BCUT2D eigenvalue weighted by Gasteiger charge is 2.36. The predicted molar refractivity (Wildman–Crippen MR) is 55.5 cm³/mol. The zero-order valence-corrected chi connectivity index (χ0v) is 10.4. The fourth-order valence-corrected chi connectivity index (χ4v) is 1.65. The van der Waals surface area contributed by atoms with E-state index in [1.54, 1.807) is 0 Å². The van der Waals surface area contributed by atoms with Crippen LogP contribution in [-0.2, 0) is 5.33 Å². The number of carboxylic acids is 1. The molecule has 0 spiro atoms.